The van der Waals surface area contributed by atoms with E-state index in [1.807, 2.05) is 31.2 Å². The van der Waals surface area contributed by atoms with E-state index in [0.29, 0.717) is 22.3 Å². The van der Waals surface area contributed by atoms with Crippen LogP contribution in [0.5, 0.6) is 0 Å². The fourth-order valence-electron chi connectivity index (χ4n) is 2.87. The second-order valence-electron chi connectivity index (χ2n) is 6.65. The SMILES string of the molecule is Cc1ccccc1CNC(=O)CN(c1cccc(Cl)c1)S(=O)(=O)c1ccc(Cl)cc1. The van der Waals surface area contributed by atoms with Crippen molar-refractivity contribution < 1.29 is 13.2 Å². The highest BCUT2D eigenvalue weighted by molar-refractivity contribution is 7.92. The number of hydrogen-bond acceptors (Lipinski definition) is 3. The van der Waals surface area contributed by atoms with Crippen molar-refractivity contribution in [3.05, 3.63) is 94.0 Å². The molecule has 0 atom stereocenters. The normalized spacial score (nSPS) is 11.2. The lowest BCUT2D eigenvalue weighted by Crippen LogP contribution is -2.40. The summed E-state index contributed by atoms with van der Waals surface area (Å²) in [5, 5.41) is 3.57. The number of carbonyl (C=O) groups is 1. The molecule has 5 nitrogen and oxygen atoms in total. The quantitative estimate of drug-likeness (QED) is 0.547. The lowest BCUT2D eigenvalue weighted by molar-refractivity contribution is -0.119. The molecule has 0 unspecified atom stereocenters. The van der Waals surface area contributed by atoms with Crippen molar-refractivity contribution in [2.75, 3.05) is 10.8 Å². The lowest BCUT2D eigenvalue weighted by Gasteiger charge is -2.24. The van der Waals surface area contributed by atoms with E-state index >= 15 is 0 Å². The van der Waals surface area contributed by atoms with Gasteiger partial charge in [-0.2, -0.15) is 0 Å². The van der Waals surface area contributed by atoms with Gasteiger partial charge in [0.15, 0.2) is 0 Å². The second-order valence-corrected chi connectivity index (χ2v) is 9.38. The number of carbonyl (C=O) groups excluding carboxylic acids is 1. The molecular formula is C22H20Cl2N2O3S. The average molecular weight is 463 g/mol. The summed E-state index contributed by atoms with van der Waals surface area (Å²) in [4.78, 5) is 12.7. The average Bonchev–Trinajstić information content (AvgIpc) is 2.71. The molecule has 0 saturated heterocycles. The molecule has 3 aromatic carbocycles. The van der Waals surface area contributed by atoms with Crippen molar-refractivity contribution in [1.29, 1.82) is 0 Å². The molecule has 0 aliphatic heterocycles. The molecule has 3 aromatic rings. The number of hydrogen-bond donors (Lipinski definition) is 1. The second kappa shape index (κ2) is 9.51. The minimum atomic E-state index is -4.02. The van der Waals surface area contributed by atoms with Crippen molar-refractivity contribution >= 4 is 44.8 Å². The first-order valence-electron chi connectivity index (χ1n) is 9.12. The van der Waals surface area contributed by atoms with E-state index in [4.69, 9.17) is 23.2 Å². The largest absolute Gasteiger partial charge is 0.350 e. The Kier molecular flexibility index (Phi) is 7.02. The molecule has 0 heterocycles. The monoisotopic (exact) mass is 462 g/mol. The molecule has 8 heteroatoms. The molecule has 0 radical (unpaired) electrons. The maximum atomic E-state index is 13.3. The molecule has 1 N–H and O–H groups in total. The zero-order chi connectivity index (χ0) is 21.7. The van der Waals surface area contributed by atoms with Crippen LogP contribution in [-0.4, -0.2) is 20.9 Å². The maximum absolute atomic E-state index is 13.3. The fraction of sp³-hybridized carbons (Fsp3) is 0.136. The van der Waals surface area contributed by atoms with Crippen LogP contribution in [0.1, 0.15) is 11.1 Å². The Bertz CT molecular complexity index is 1150. The van der Waals surface area contributed by atoms with Crippen LogP contribution in [0, 0.1) is 6.92 Å². The first-order valence-corrected chi connectivity index (χ1v) is 11.3. The van der Waals surface area contributed by atoms with Gasteiger partial charge in [0.1, 0.15) is 6.54 Å². The summed E-state index contributed by atoms with van der Waals surface area (Å²) >= 11 is 11.9. The molecule has 0 aliphatic rings. The van der Waals surface area contributed by atoms with Gasteiger partial charge in [-0.05, 0) is 60.5 Å². The minimum Gasteiger partial charge on any atom is -0.350 e. The van der Waals surface area contributed by atoms with Gasteiger partial charge in [-0.15, -0.1) is 0 Å². The smallest absolute Gasteiger partial charge is 0.264 e. The summed E-state index contributed by atoms with van der Waals surface area (Å²) in [6, 6.07) is 19.8. The topological polar surface area (TPSA) is 66.5 Å². The molecule has 30 heavy (non-hydrogen) atoms. The number of rotatable bonds is 7. The number of nitrogens with one attached hydrogen (secondary N) is 1. The van der Waals surface area contributed by atoms with Crippen LogP contribution in [-0.2, 0) is 21.4 Å². The van der Waals surface area contributed by atoms with Gasteiger partial charge in [-0.1, -0.05) is 53.5 Å². The zero-order valence-corrected chi connectivity index (χ0v) is 18.5. The number of amides is 1. The first kappa shape index (κ1) is 22.2. The van der Waals surface area contributed by atoms with Gasteiger partial charge < -0.3 is 5.32 Å². The third-order valence-corrected chi connectivity index (χ3v) is 6.80. The standard InChI is InChI=1S/C22H20Cl2N2O3S/c1-16-5-2-3-6-17(16)14-25-22(27)15-26(20-8-4-7-19(24)13-20)30(28,29)21-11-9-18(23)10-12-21/h2-13H,14-15H2,1H3,(H,25,27). The van der Waals surface area contributed by atoms with Gasteiger partial charge in [-0.3, -0.25) is 9.10 Å². The Hall–Kier alpha value is -2.54. The Balaban J connectivity index is 1.87. The summed E-state index contributed by atoms with van der Waals surface area (Å²) in [6.07, 6.45) is 0. The van der Waals surface area contributed by atoms with Crippen molar-refractivity contribution in [2.24, 2.45) is 0 Å². The number of benzene rings is 3. The van der Waals surface area contributed by atoms with Crippen molar-refractivity contribution in [3.63, 3.8) is 0 Å². The molecule has 0 bridgehead atoms. The van der Waals surface area contributed by atoms with E-state index < -0.39 is 22.5 Å². The third kappa shape index (κ3) is 5.33. The van der Waals surface area contributed by atoms with Gasteiger partial charge in [0, 0.05) is 16.6 Å². The number of anilines is 1. The summed E-state index contributed by atoms with van der Waals surface area (Å²) in [6.45, 7) is 1.86. The van der Waals surface area contributed by atoms with Crippen LogP contribution in [0.2, 0.25) is 10.0 Å². The van der Waals surface area contributed by atoms with Gasteiger partial charge in [-0.25, -0.2) is 8.42 Å². The third-order valence-electron chi connectivity index (χ3n) is 4.52. The highest BCUT2D eigenvalue weighted by atomic mass is 35.5. The van der Waals surface area contributed by atoms with Crippen LogP contribution in [0.4, 0.5) is 5.69 Å². The Morgan fingerprint density at radius 1 is 0.933 bits per heavy atom. The van der Waals surface area contributed by atoms with E-state index in [1.54, 1.807) is 18.2 Å². The Morgan fingerprint density at radius 2 is 1.63 bits per heavy atom. The fourth-order valence-corrected chi connectivity index (χ4v) is 4.59. The van der Waals surface area contributed by atoms with Crippen molar-refractivity contribution in [3.8, 4) is 0 Å². The molecule has 0 aromatic heterocycles. The van der Waals surface area contributed by atoms with Crippen LogP contribution in [0.3, 0.4) is 0 Å². The molecule has 1 amide bonds. The minimum absolute atomic E-state index is 0.0265. The first-order chi connectivity index (χ1) is 14.3. The van der Waals surface area contributed by atoms with E-state index in [9.17, 15) is 13.2 Å². The number of nitrogens with zero attached hydrogens (tertiary/aromatic N) is 1. The van der Waals surface area contributed by atoms with E-state index in [1.165, 1.54) is 30.3 Å². The number of aryl methyl sites for hydroxylation is 1. The molecule has 0 spiro atoms. The summed E-state index contributed by atoms with van der Waals surface area (Å²) in [5.74, 6) is -0.434. The van der Waals surface area contributed by atoms with E-state index in [-0.39, 0.29) is 4.90 Å². The van der Waals surface area contributed by atoms with Gasteiger partial charge in [0.25, 0.3) is 10.0 Å². The number of sulfonamides is 1. The molecule has 0 fully saturated rings. The predicted octanol–water partition coefficient (Wildman–Crippen LogP) is 4.81. The Morgan fingerprint density at radius 3 is 2.30 bits per heavy atom. The van der Waals surface area contributed by atoms with Crippen molar-refractivity contribution in [1.82, 2.24) is 5.32 Å². The lowest BCUT2D eigenvalue weighted by atomic mass is 10.1. The highest BCUT2D eigenvalue weighted by Crippen LogP contribution is 2.26. The van der Waals surface area contributed by atoms with Gasteiger partial charge in [0.2, 0.25) is 5.91 Å². The molecule has 0 aliphatic carbocycles. The van der Waals surface area contributed by atoms with Crippen LogP contribution in [0.25, 0.3) is 0 Å². The highest BCUT2D eigenvalue weighted by Gasteiger charge is 2.27. The van der Waals surface area contributed by atoms with Crippen LogP contribution < -0.4 is 9.62 Å². The predicted molar refractivity (Wildman–Crippen MR) is 120 cm³/mol. The summed E-state index contributed by atoms with van der Waals surface area (Å²) < 4.78 is 27.6. The van der Waals surface area contributed by atoms with Gasteiger partial charge >= 0.3 is 0 Å². The molecule has 3 rings (SSSR count). The molecule has 0 saturated carbocycles. The van der Waals surface area contributed by atoms with Gasteiger partial charge in [0.05, 0.1) is 10.6 Å². The van der Waals surface area contributed by atoms with E-state index in [2.05, 4.69) is 5.32 Å². The van der Waals surface area contributed by atoms with E-state index in [0.717, 1.165) is 15.4 Å². The summed E-state index contributed by atoms with van der Waals surface area (Å²) in [7, 11) is -4.02. The maximum Gasteiger partial charge on any atom is 0.264 e. The molecular weight excluding hydrogens is 443 g/mol. The number of halogens is 2. The summed E-state index contributed by atoms with van der Waals surface area (Å²) in [5.41, 5.74) is 2.29. The Labute approximate surface area is 186 Å². The molecule has 156 valence electrons. The zero-order valence-electron chi connectivity index (χ0n) is 16.2. The van der Waals surface area contributed by atoms with Crippen molar-refractivity contribution in [2.45, 2.75) is 18.4 Å². The van der Waals surface area contributed by atoms with Crippen LogP contribution >= 0.6 is 23.2 Å². The van der Waals surface area contributed by atoms with Crippen LogP contribution in [0.15, 0.2) is 77.7 Å².